The van der Waals surface area contributed by atoms with Crippen molar-refractivity contribution >= 4 is 6.21 Å². The minimum atomic E-state index is -1.43. The molecule has 13 atom stereocenters. The Bertz CT molecular complexity index is 1050. The minimum Gasteiger partial charge on any atom is -0.394 e. The van der Waals surface area contributed by atoms with Gasteiger partial charge in [0, 0.05) is 18.3 Å². The van der Waals surface area contributed by atoms with Crippen LogP contribution in [0.1, 0.15) is 72.6 Å². The number of nitrogens with zero attached hydrogens (tertiary/aromatic N) is 1. The van der Waals surface area contributed by atoms with E-state index < -0.39 is 80.0 Å². The van der Waals surface area contributed by atoms with Crippen LogP contribution in [0.5, 0.6) is 0 Å². The summed E-state index contributed by atoms with van der Waals surface area (Å²) in [7, 11) is 0. The zero-order valence-electron chi connectivity index (χ0n) is 27.9. The fourth-order valence-corrected chi connectivity index (χ4v) is 6.00. The van der Waals surface area contributed by atoms with Crippen molar-refractivity contribution < 1.29 is 39.4 Å². The number of aliphatic hydroxyl groups excluding tert-OH is 4. The fourth-order valence-electron chi connectivity index (χ4n) is 6.00. The standard InChI is InChI=1S/C33H59N5O8/c1-18(2)7-5-8-19(3)9-6-10-20(4)13-14-38-16-21-11-12-22(34)32(43-21)45-30-23(35)15-24(36)31(29(30)42)46-33-28(41)26(37)27(40)25(17-39)44-33/h7,9,13-14,21-33,39-42H,5-6,8,10-12,15-17,34-37H2,1-4H3/b19-9+,20-13+,38-14+. The molecular formula is C33H59N5O8. The summed E-state index contributed by atoms with van der Waals surface area (Å²) in [5.74, 6) is 0. The summed E-state index contributed by atoms with van der Waals surface area (Å²) in [5, 5.41) is 41.5. The second-order valence-corrected chi connectivity index (χ2v) is 13.3. The fraction of sp³-hybridized carbons (Fsp3) is 0.788. The molecule has 264 valence electrons. The Hall–Kier alpha value is -1.59. The van der Waals surface area contributed by atoms with E-state index in [9.17, 15) is 20.4 Å². The molecule has 0 bridgehead atoms. The van der Waals surface area contributed by atoms with Gasteiger partial charge in [-0.1, -0.05) is 28.9 Å². The Morgan fingerprint density at radius 1 is 0.783 bits per heavy atom. The summed E-state index contributed by atoms with van der Waals surface area (Å²) in [6.07, 6.45) is 4.64. The first-order valence-corrected chi connectivity index (χ1v) is 16.6. The quantitative estimate of drug-likeness (QED) is 0.0932. The minimum absolute atomic E-state index is 0.221. The van der Waals surface area contributed by atoms with Crippen molar-refractivity contribution in [1.29, 1.82) is 0 Å². The normalized spacial score (nSPS) is 39.5. The van der Waals surface area contributed by atoms with Gasteiger partial charge in [0.15, 0.2) is 12.6 Å². The van der Waals surface area contributed by atoms with Crippen molar-refractivity contribution in [3.63, 3.8) is 0 Å². The number of hydrogen-bond donors (Lipinski definition) is 8. The summed E-state index contributed by atoms with van der Waals surface area (Å²) >= 11 is 0. The first-order valence-electron chi connectivity index (χ1n) is 16.6. The average Bonchev–Trinajstić information content (AvgIpc) is 3.00. The van der Waals surface area contributed by atoms with E-state index in [0.717, 1.165) is 25.7 Å². The molecule has 13 unspecified atom stereocenters. The van der Waals surface area contributed by atoms with Crippen molar-refractivity contribution in [2.45, 2.75) is 152 Å². The lowest BCUT2D eigenvalue weighted by molar-refractivity contribution is -0.313. The van der Waals surface area contributed by atoms with Gasteiger partial charge < -0.3 is 62.3 Å². The number of nitrogens with two attached hydrogens (primary N) is 4. The highest BCUT2D eigenvalue weighted by molar-refractivity contribution is 5.72. The Morgan fingerprint density at radius 2 is 1.41 bits per heavy atom. The Kier molecular flexibility index (Phi) is 15.9. The van der Waals surface area contributed by atoms with Gasteiger partial charge in [0.25, 0.3) is 0 Å². The van der Waals surface area contributed by atoms with E-state index in [1.807, 2.05) is 12.3 Å². The number of ether oxygens (including phenoxy) is 4. The number of aliphatic imine (C=N–C) groups is 1. The molecular weight excluding hydrogens is 594 g/mol. The van der Waals surface area contributed by atoms with Gasteiger partial charge in [-0.05, 0) is 78.7 Å². The van der Waals surface area contributed by atoms with Crippen molar-refractivity contribution in [3.05, 3.63) is 34.9 Å². The van der Waals surface area contributed by atoms with E-state index in [0.29, 0.717) is 19.4 Å². The molecule has 12 N–H and O–H groups in total. The molecule has 3 rings (SSSR count). The van der Waals surface area contributed by atoms with Gasteiger partial charge >= 0.3 is 0 Å². The zero-order valence-corrected chi connectivity index (χ0v) is 27.9. The summed E-state index contributed by atoms with van der Waals surface area (Å²) < 4.78 is 23.8. The van der Waals surface area contributed by atoms with E-state index in [2.05, 4.69) is 44.8 Å². The van der Waals surface area contributed by atoms with Crippen LogP contribution in [0.3, 0.4) is 0 Å². The first kappa shape index (κ1) is 38.9. The second kappa shape index (κ2) is 18.8. The molecule has 0 aromatic heterocycles. The second-order valence-electron chi connectivity index (χ2n) is 13.3. The van der Waals surface area contributed by atoms with Gasteiger partial charge in [0.1, 0.15) is 36.6 Å². The molecule has 2 aliphatic heterocycles. The third kappa shape index (κ3) is 11.2. The number of aliphatic hydroxyl groups is 4. The lowest BCUT2D eigenvalue weighted by atomic mass is 9.84. The molecule has 3 fully saturated rings. The van der Waals surface area contributed by atoms with Crippen LogP contribution in [0.15, 0.2) is 39.9 Å². The van der Waals surface area contributed by atoms with Gasteiger partial charge in [-0.15, -0.1) is 0 Å². The van der Waals surface area contributed by atoms with Gasteiger partial charge in [-0.2, -0.15) is 0 Å². The van der Waals surface area contributed by atoms with Crippen LogP contribution in [0.25, 0.3) is 0 Å². The van der Waals surface area contributed by atoms with E-state index >= 15 is 0 Å². The third-order valence-electron chi connectivity index (χ3n) is 8.98. The molecule has 3 aliphatic rings. The van der Waals surface area contributed by atoms with Crippen molar-refractivity contribution in [2.24, 2.45) is 27.9 Å². The number of rotatable bonds is 14. The zero-order chi connectivity index (χ0) is 34.0. The molecule has 1 aliphatic carbocycles. The average molecular weight is 654 g/mol. The summed E-state index contributed by atoms with van der Waals surface area (Å²) in [4.78, 5) is 4.55. The Morgan fingerprint density at radius 3 is 2.07 bits per heavy atom. The molecule has 13 nitrogen and oxygen atoms in total. The SMILES string of the molecule is CC(C)=CCC/C(C)=C/CC/C(C)=C/C=N/CC1CCC(N)C(OC2C(N)CC(N)C(OC3OC(CO)C(O)C(N)C3O)C2O)O1. The molecule has 0 aromatic rings. The molecule has 13 heteroatoms. The van der Waals surface area contributed by atoms with Crippen molar-refractivity contribution in [2.75, 3.05) is 13.2 Å². The maximum atomic E-state index is 11.3. The Balaban J connectivity index is 1.52. The van der Waals surface area contributed by atoms with Crippen LogP contribution >= 0.6 is 0 Å². The van der Waals surface area contributed by atoms with E-state index in [-0.39, 0.29) is 12.5 Å². The maximum Gasteiger partial charge on any atom is 0.186 e. The van der Waals surface area contributed by atoms with Gasteiger partial charge in [-0.3, -0.25) is 4.99 Å². The lowest BCUT2D eigenvalue weighted by Gasteiger charge is -2.47. The van der Waals surface area contributed by atoms with E-state index in [1.165, 1.54) is 16.7 Å². The largest absolute Gasteiger partial charge is 0.394 e. The number of hydrogen-bond acceptors (Lipinski definition) is 13. The van der Waals surface area contributed by atoms with Crippen LogP contribution in [0, 0.1) is 0 Å². The highest BCUT2D eigenvalue weighted by atomic mass is 16.7. The molecule has 1 saturated carbocycles. The molecule has 0 aromatic carbocycles. The predicted molar refractivity (Wildman–Crippen MR) is 177 cm³/mol. The highest BCUT2D eigenvalue weighted by Gasteiger charge is 2.49. The molecule has 2 heterocycles. The molecule has 0 amide bonds. The summed E-state index contributed by atoms with van der Waals surface area (Å²) in [6, 6.07) is -2.94. The van der Waals surface area contributed by atoms with Gasteiger partial charge in [-0.25, -0.2) is 0 Å². The van der Waals surface area contributed by atoms with Crippen molar-refractivity contribution in [1.82, 2.24) is 0 Å². The molecule has 0 radical (unpaired) electrons. The number of allylic oxidation sites excluding steroid dienone is 6. The van der Waals surface area contributed by atoms with Gasteiger partial charge in [0.2, 0.25) is 0 Å². The highest BCUT2D eigenvalue weighted by Crippen LogP contribution is 2.31. The van der Waals surface area contributed by atoms with Crippen LogP contribution in [0.4, 0.5) is 0 Å². The summed E-state index contributed by atoms with van der Waals surface area (Å²) in [5.41, 5.74) is 28.9. The first-order chi connectivity index (χ1) is 21.8. The smallest absolute Gasteiger partial charge is 0.186 e. The van der Waals surface area contributed by atoms with Crippen LogP contribution in [-0.4, -0.2) is 119 Å². The monoisotopic (exact) mass is 653 g/mol. The summed E-state index contributed by atoms with van der Waals surface area (Å²) in [6.45, 7) is 8.43. The van der Waals surface area contributed by atoms with Crippen molar-refractivity contribution in [3.8, 4) is 0 Å². The Labute approximate surface area is 273 Å². The molecule has 2 saturated heterocycles. The molecule has 46 heavy (non-hydrogen) atoms. The topological polar surface area (TPSA) is 234 Å². The van der Waals surface area contributed by atoms with Gasteiger partial charge in [0.05, 0.1) is 31.3 Å². The van der Waals surface area contributed by atoms with Crippen LogP contribution < -0.4 is 22.9 Å². The molecule has 0 spiro atoms. The lowest BCUT2D eigenvalue weighted by Crippen LogP contribution is -2.68. The third-order valence-corrected chi connectivity index (χ3v) is 8.98. The van der Waals surface area contributed by atoms with E-state index in [1.54, 1.807) is 0 Å². The predicted octanol–water partition coefficient (Wildman–Crippen LogP) is 0.265. The van der Waals surface area contributed by atoms with Crippen LogP contribution in [-0.2, 0) is 18.9 Å². The van der Waals surface area contributed by atoms with E-state index in [4.69, 9.17) is 41.9 Å². The maximum absolute atomic E-state index is 11.3. The van der Waals surface area contributed by atoms with Crippen LogP contribution in [0.2, 0.25) is 0 Å².